The third kappa shape index (κ3) is 8.88. The second-order valence-corrected chi connectivity index (χ2v) is 19.7. The number of hydrogen-bond donors (Lipinski definition) is 0. The number of morpholine rings is 2. The van der Waals surface area contributed by atoms with Crippen molar-refractivity contribution in [1.29, 1.82) is 0 Å². The van der Waals surface area contributed by atoms with Crippen LogP contribution in [0.5, 0.6) is 23.0 Å². The van der Waals surface area contributed by atoms with E-state index in [-0.39, 0.29) is 0 Å². The number of rotatable bonds is 9. The van der Waals surface area contributed by atoms with Crippen LogP contribution in [-0.4, -0.2) is 79.9 Å². The Bertz CT molecular complexity index is 3250. The lowest BCUT2D eigenvalue weighted by Gasteiger charge is -2.38. The van der Waals surface area contributed by atoms with Crippen LogP contribution in [0, 0.1) is 0 Å². The summed E-state index contributed by atoms with van der Waals surface area (Å²) >= 11 is 0. The quantitative estimate of drug-likeness (QED) is 0.141. The Balaban J connectivity index is 0.000000150. The van der Waals surface area contributed by atoms with Crippen molar-refractivity contribution in [3.63, 3.8) is 0 Å². The van der Waals surface area contributed by atoms with E-state index in [1.807, 2.05) is 24.3 Å². The second kappa shape index (κ2) is 20.7. The Hall–Kier alpha value is -7.72. The molecule has 374 valence electrons. The molecular weight excluding hydrogens is 919 g/mol. The largest absolute Gasteiger partial charge is 0.497 e. The van der Waals surface area contributed by atoms with Gasteiger partial charge >= 0.3 is 0 Å². The minimum absolute atomic E-state index is 0.695. The van der Waals surface area contributed by atoms with E-state index < -0.39 is 11.2 Å². The molecule has 1 unspecified atom stereocenters. The Morgan fingerprint density at radius 1 is 0.392 bits per heavy atom. The monoisotopic (exact) mass is 981 g/mol. The lowest BCUT2D eigenvalue weighted by atomic mass is 9.83. The molecule has 9 heteroatoms. The maximum Gasteiger partial charge on any atom is 0.178 e. The molecule has 0 radical (unpaired) electrons. The first-order valence-corrected chi connectivity index (χ1v) is 26.3. The smallest absolute Gasteiger partial charge is 0.178 e. The molecule has 5 aliphatic rings. The van der Waals surface area contributed by atoms with E-state index in [9.17, 15) is 0 Å². The summed E-state index contributed by atoms with van der Waals surface area (Å²) in [6, 6.07) is 57.6. The molecule has 9 nitrogen and oxygen atoms in total. The molecule has 0 saturated carbocycles. The van der Waals surface area contributed by atoms with Gasteiger partial charge in [0.1, 0.15) is 23.0 Å². The van der Waals surface area contributed by atoms with Crippen molar-refractivity contribution in [3.8, 4) is 23.0 Å². The van der Waals surface area contributed by atoms with Gasteiger partial charge in [0.15, 0.2) is 11.2 Å². The van der Waals surface area contributed by atoms with Gasteiger partial charge < -0.3 is 43.1 Å². The molecule has 0 amide bonds. The maximum atomic E-state index is 7.16. The number of methoxy groups -OCH3 is 2. The van der Waals surface area contributed by atoms with E-state index in [1.165, 1.54) is 57.9 Å². The van der Waals surface area contributed by atoms with Crippen molar-refractivity contribution < 1.29 is 28.4 Å². The molecule has 0 aliphatic carbocycles. The predicted octanol–water partition coefficient (Wildman–Crippen LogP) is 13.1. The highest BCUT2D eigenvalue weighted by atomic mass is 16.5. The summed E-state index contributed by atoms with van der Waals surface area (Å²) in [4.78, 5) is 7.34. The van der Waals surface area contributed by atoms with Gasteiger partial charge in [0.05, 0.1) is 40.6 Å². The van der Waals surface area contributed by atoms with Gasteiger partial charge in [-0.1, -0.05) is 115 Å². The molecule has 0 aromatic heterocycles. The van der Waals surface area contributed by atoms with Crippen LogP contribution in [0.25, 0.3) is 33.7 Å². The molecule has 0 spiro atoms. The topological polar surface area (TPSA) is 65.1 Å². The summed E-state index contributed by atoms with van der Waals surface area (Å²) in [5, 5.41) is 4.91. The Morgan fingerprint density at radius 3 is 1.22 bits per heavy atom. The van der Waals surface area contributed by atoms with Crippen LogP contribution in [0.3, 0.4) is 0 Å². The van der Waals surface area contributed by atoms with Crippen LogP contribution >= 0.6 is 0 Å². The average Bonchev–Trinajstić information content (AvgIpc) is 3.49. The molecule has 8 aromatic rings. The SMILES string of the molecule is C1=CC(c2ccccc2)(c2ccc(N3CCCCC3)cc2)Oc2cc(N3CCOCC3)c3ccccc3c21.COc1ccc(C2(c3ccc(OC)cc3)C=Cc3c(cc(N4CCOCC4)c4ccccc34)O2)cc1. The molecule has 8 aromatic carbocycles. The number of hydrogen-bond acceptors (Lipinski definition) is 9. The summed E-state index contributed by atoms with van der Waals surface area (Å²) in [5.41, 5.74) is 8.79. The van der Waals surface area contributed by atoms with Gasteiger partial charge in [0.2, 0.25) is 0 Å². The van der Waals surface area contributed by atoms with Gasteiger partial charge in [-0.3, -0.25) is 0 Å². The Morgan fingerprint density at radius 2 is 0.784 bits per heavy atom. The number of fused-ring (bicyclic) bond motifs is 6. The summed E-state index contributed by atoms with van der Waals surface area (Å²) < 4.78 is 36.3. The third-order valence-corrected chi connectivity index (χ3v) is 15.5. The molecular formula is C65H63N3O6. The van der Waals surface area contributed by atoms with Crippen molar-refractivity contribution in [3.05, 3.63) is 209 Å². The molecule has 3 saturated heterocycles. The lowest BCUT2D eigenvalue weighted by molar-refractivity contribution is 0.122. The zero-order valence-corrected chi connectivity index (χ0v) is 42.4. The highest BCUT2D eigenvalue weighted by Gasteiger charge is 2.40. The molecule has 5 aliphatic heterocycles. The van der Waals surface area contributed by atoms with Gasteiger partial charge in [-0.05, 0) is 90.7 Å². The van der Waals surface area contributed by atoms with E-state index in [1.54, 1.807) is 14.2 Å². The van der Waals surface area contributed by atoms with Gasteiger partial charge in [-0.25, -0.2) is 0 Å². The van der Waals surface area contributed by atoms with Crippen molar-refractivity contribution in [2.75, 3.05) is 94.6 Å². The highest BCUT2D eigenvalue weighted by Crippen LogP contribution is 2.49. The number of benzene rings is 8. The molecule has 5 heterocycles. The van der Waals surface area contributed by atoms with Crippen molar-refractivity contribution in [2.24, 2.45) is 0 Å². The lowest BCUT2D eigenvalue weighted by Crippen LogP contribution is -2.37. The molecule has 13 rings (SSSR count). The molecule has 3 fully saturated rings. The van der Waals surface area contributed by atoms with E-state index >= 15 is 0 Å². The second-order valence-electron chi connectivity index (χ2n) is 19.7. The van der Waals surface area contributed by atoms with Crippen LogP contribution in [0.1, 0.15) is 52.6 Å². The molecule has 1 atom stereocenters. The van der Waals surface area contributed by atoms with Crippen LogP contribution in [-0.2, 0) is 20.7 Å². The van der Waals surface area contributed by atoms with Gasteiger partial charge in [0, 0.05) is 113 Å². The fourth-order valence-corrected chi connectivity index (χ4v) is 11.6. The predicted molar refractivity (Wildman–Crippen MR) is 300 cm³/mol. The van der Waals surface area contributed by atoms with E-state index in [2.05, 4.69) is 179 Å². The molecule has 0 bridgehead atoms. The van der Waals surface area contributed by atoms with Crippen LogP contribution in [0.2, 0.25) is 0 Å². The van der Waals surface area contributed by atoms with E-state index in [0.717, 1.165) is 122 Å². The normalized spacial score (nSPS) is 18.9. The number of piperidine rings is 1. The summed E-state index contributed by atoms with van der Waals surface area (Å²) in [5.74, 6) is 3.41. The zero-order valence-electron chi connectivity index (χ0n) is 42.4. The summed E-state index contributed by atoms with van der Waals surface area (Å²) in [7, 11) is 3.36. The minimum Gasteiger partial charge on any atom is -0.497 e. The maximum absolute atomic E-state index is 7.16. The number of anilines is 3. The van der Waals surface area contributed by atoms with Crippen LogP contribution in [0.15, 0.2) is 176 Å². The van der Waals surface area contributed by atoms with E-state index in [0.29, 0.717) is 0 Å². The standard InChI is InChI=1S/C34H34N2O2.C31H29NO4/c1-3-9-26(10-4-1)34(27-13-15-28(16-14-27)35-19-7-2-8-20-35)18-17-31-29-11-5-6-12-30(29)32(25-33(31)38-34)36-21-23-37-24-22-36;1-33-24-11-7-22(8-12-24)31(23-9-13-25(34-2)14-10-23)16-15-28-26-5-3-4-6-27(26)29(21-30(28)36-31)32-17-19-35-20-18-32/h1,3-6,9-18,25H,2,7-8,19-24H2;3-16,21H,17-20H2,1-2H3. The fourth-order valence-electron chi connectivity index (χ4n) is 11.6. The average molecular weight is 982 g/mol. The van der Waals surface area contributed by atoms with Crippen molar-refractivity contribution >= 4 is 50.8 Å². The summed E-state index contributed by atoms with van der Waals surface area (Å²) in [6.45, 7) is 8.76. The first kappa shape index (κ1) is 47.3. The zero-order chi connectivity index (χ0) is 49.9. The molecule has 74 heavy (non-hydrogen) atoms. The fraction of sp³-hybridized carbons (Fsp3) is 0.262. The van der Waals surface area contributed by atoms with E-state index in [4.69, 9.17) is 28.4 Å². The van der Waals surface area contributed by atoms with Crippen LogP contribution in [0.4, 0.5) is 17.1 Å². The van der Waals surface area contributed by atoms with Gasteiger partial charge in [-0.2, -0.15) is 0 Å². The van der Waals surface area contributed by atoms with Crippen LogP contribution < -0.4 is 33.6 Å². The minimum atomic E-state index is -0.795. The van der Waals surface area contributed by atoms with Gasteiger partial charge in [0.25, 0.3) is 0 Å². The first-order chi connectivity index (χ1) is 36.5. The first-order valence-electron chi connectivity index (χ1n) is 26.3. The summed E-state index contributed by atoms with van der Waals surface area (Å²) in [6.07, 6.45) is 12.8. The molecule has 0 N–H and O–H groups in total. The number of nitrogens with zero attached hydrogens (tertiary/aromatic N) is 3. The third-order valence-electron chi connectivity index (χ3n) is 15.5. The van der Waals surface area contributed by atoms with Crippen molar-refractivity contribution in [1.82, 2.24) is 0 Å². The van der Waals surface area contributed by atoms with Crippen molar-refractivity contribution in [2.45, 2.75) is 30.5 Å². The Labute approximate surface area is 434 Å². The number of ether oxygens (including phenoxy) is 6. The Kier molecular flexibility index (Phi) is 13.2. The highest BCUT2D eigenvalue weighted by molar-refractivity contribution is 6.03. The van der Waals surface area contributed by atoms with Gasteiger partial charge in [-0.15, -0.1) is 0 Å².